The van der Waals surface area contributed by atoms with E-state index in [1.165, 1.54) is 11.3 Å². The maximum Gasteiger partial charge on any atom is 0.411 e. The number of carbonyl (C=O) groups is 1. The smallest absolute Gasteiger partial charge is 0.411 e. The molecule has 7 nitrogen and oxygen atoms in total. The van der Waals surface area contributed by atoms with E-state index < -0.39 is 6.09 Å². The lowest BCUT2D eigenvalue weighted by atomic mass is 10.1. The van der Waals surface area contributed by atoms with E-state index in [0.29, 0.717) is 17.9 Å². The van der Waals surface area contributed by atoms with E-state index in [1.54, 1.807) is 31.5 Å². The first-order valence-corrected chi connectivity index (χ1v) is 10.7. The van der Waals surface area contributed by atoms with Crippen molar-refractivity contribution in [1.82, 2.24) is 4.98 Å². The summed E-state index contributed by atoms with van der Waals surface area (Å²) < 4.78 is 10.9. The Morgan fingerprint density at radius 3 is 2.81 bits per heavy atom. The number of carbonyl (C=O) groups excluding carboxylic acids is 1. The molecule has 31 heavy (non-hydrogen) atoms. The fourth-order valence-corrected chi connectivity index (χ4v) is 3.90. The van der Waals surface area contributed by atoms with Gasteiger partial charge in [0.1, 0.15) is 17.4 Å². The van der Waals surface area contributed by atoms with Crippen LogP contribution in [0, 0.1) is 13.8 Å². The number of aromatic nitrogens is 1. The minimum atomic E-state index is -0.551. The lowest BCUT2D eigenvalue weighted by Crippen LogP contribution is -2.13. The number of aliphatic imine (C=N–C) groups is 1. The molecule has 1 heterocycles. The molecule has 8 heteroatoms. The number of nitrogens with two attached hydrogens (primary N) is 1. The van der Waals surface area contributed by atoms with Gasteiger partial charge in [0.15, 0.2) is 0 Å². The number of hydrogen-bond donors (Lipinski definition) is 2. The fourth-order valence-electron chi connectivity index (χ4n) is 2.89. The molecular weight excluding hydrogens is 412 g/mol. The average molecular weight is 439 g/mol. The summed E-state index contributed by atoms with van der Waals surface area (Å²) in [4.78, 5) is 22.0. The van der Waals surface area contributed by atoms with Gasteiger partial charge in [0.2, 0.25) is 0 Å². The molecule has 0 bridgehead atoms. The van der Waals surface area contributed by atoms with Crippen molar-refractivity contribution < 1.29 is 14.3 Å². The number of hydrogen-bond acceptors (Lipinski definition) is 7. The van der Waals surface area contributed by atoms with Crippen molar-refractivity contribution in [3.63, 3.8) is 0 Å². The molecule has 0 atom stereocenters. The number of amides is 1. The van der Waals surface area contributed by atoms with E-state index in [9.17, 15) is 4.79 Å². The zero-order chi connectivity index (χ0) is 22.4. The van der Waals surface area contributed by atoms with Gasteiger partial charge >= 0.3 is 6.09 Å². The van der Waals surface area contributed by atoms with Crippen LogP contribution in [-0.4, -0.2) is 30.9 Å². The lowest BCUT2D eigenvalue weighted by molar-refractivity contribution is 0.156. The van der Waals surface area contributed by atoms with E-state index in [2.05, 4.69) is 15.3 Å². The van der Waals surface area contributed by atoms with E-state index in [4.69, 9.17) is 15.2 Å². The number of nitrogens with one attached hydrogen (secondary N) is 1. The first-order valence-electron chi connectivity index (χ1n) is 9.85. The second-order valence-electron chi connectivity index (χ2n) is 6.90. The molecule has 3 aromatic rings. The van der Waals surface area contributed by atoms with Crippen LogP contribution in [0.2, 0.25) is 0 Å². The molecule has 0 spiro atoms. The van der Waals surface area contributed by atoms with Crippen LogP contribution in [0.1, 0.15) is 28.6 Å². The van der Waals surface area contributed by atoms with E-state index in [1.807, 2.05) is 39.0 Å². The summed E-state index contributed by atoms with van der Waals surface area (Å²) in [5.41, 5.74) is 10.7. The van der Waals surface area contributed by atoms with Gasteiger partial charge in [0, 0.05) is 29.7 Å². The summed E-state index contributed by atoms with van der Waals surface area (Å²) in [6, 6.07) is 11.2. The summed E-state index contributed by atoms with van der Waals surface area (Å²) in [7, 11) is 1.64. The molecule has 0 saturated carbocycles. The van der Waals surface area contributed by atoms with Crippen molar-refractivity contribution in [1.29, 1.82) is 0 Å². The molecule has 0 saturated heterocycles. The van der Waals surface area contributed by atoms with Crippen molar-refractivity contribution in [2.24, 2.45) is 4.99 Å². The molecule has 3 N–H and O–H groups in total. The van der Waals surface area contributed by atoms with Gasteiger partial charge in [-0.1, -0.05) is 6.07 Å². The van der Waals surface area contributed by atoms with Gasteiger partial charge in [0.05, 0.1) is 23.2 Å². The van der Waals surface area contributed by atoms with Gasteiger partial charge in [-0.15, -0.1) is 11.3 Å². The molecule has 0 unspecified atom stereocenters. The Morgan fingerprint density at radius 1 is 1.26 bits per heavy atom. The Morgan fingerprint density at radius 2 is 2.06 bits per heavy atom. The Bertz CT molecular complexity index is 1110. The van der Waals surface area contributed by atoms with Gasteiger partial charge in [-0.25, -0.2) is 9.78 Å². The maximum atomic E-state index is 12.3. The van der Waals surface area contributed by atoms with E-state index in [-0.39, 0.29) is 6.61 Å². The van der Waals surface area contributed by atoms with Gasteiger partial charge in [-0.3, -0.25) is 10.3 Å². The number of nitrogens with zero attached hydrogens (tertiary/aromatic N) is 2. The molecular formula is C23H26N4O3S. The van der Waals surface area contributed by atoms with Crippen LogP contribution >= 0.6 is 11.3 Å². The first kappa shape index (κ1) is 22.3. The third-order valence-corrected chi connectivity index (χ3v) is 5.72. The van der Waals surface area contributed by atoms with Crippen LogP contribution in [0.25, 0.3) is 10.6 Å². The second kappa shape index (κ2) is 10.1. The van der Waals surface area contributed by atoms with Gasteiger partial charge < -0.3 is 15.2 Å². The van der Waals surface area contributed by atoms with Gasteiger partial charge in [0.25, 0.3) is 0 Å². The molecule has 3 rings (SSSR count). The Balaban J connectivity index is 1.67. The van der Waals surface area contributed by atoms with Crippen LogP contribution in [0.15, 0.2) is 41.4 Å². The van der Waals surface area contributed by atoms with E-state index >= 15 is 0 Å². The third-order valence-electron chi connectivity index (χ3n) is 4.56. The van der Waals surface area contributed by atoms with Crippen molar-refractivity contribution in [3.8, 4) is 16.3 Å². The Hall–Kier alpha value is -3.39. The van der Waals surface area contributed by atoms with Crippen LogP contribution in [0.3, 0.4) is 0 Å². The third kappa shape index (κ3) is 5.61. The maximum absolute atomic E-state index is 12.3. The molecule has 0 radical (unpaired) electrons. The summed E-state index contributed by atoms with van der Waals surface area (Å²) >= 11 is 1.48. The fraction of sp³-hybridized carbons (Fsp3) is 0.261. The highest BCUT2D eigenvalue weighted by Gasteiger charge is 2.15. The predicted octanol–water partition coefficient (Wildman–Crippen LogP) is 5.21. The number of methoxy groups -OCH3 is 1. The van der Waals surface area contributed by atoms with Crippen molar-refractivity contribution in [2.75, 3.05) is 24.7 Å². The standard InChI is InChI=1S/C23H26N4O3S/c1-5-25-12-16-11-17(7-9-19(16)24)27-23(28)30-13-21-15(3)26-22(31-21)18-8-6-14(2)10-20(18)29-4/h6-12H,5,13,24H2,1-4H3,(H,27,28). The largest absolute Gasteiger partial charge is 0.496 e. The minimum absolute atomic E-state index is 0.128. The van der Waals surface area contributed by atoms with Gasteiger partial charge in [-0.05, 0) is 56.7 Å². The molecule has 0 aliphatic rings. The SMILES string of the molecule is CCN=Cc1cc(NC(=O)OCc2sc(-c3ccc(C)cc3OC)nc2C)ccc1N. The van der Waals surface area contributed by atoms with Crippen molar-refractivity contribution >= 4 is 35.0 Å². The average Bonchev–Trinajstić information content (AvgIpc) is 3.12. The van der Waals surface area contributed by atoms with Gasteiger partial charge in [-0.2, -0.15) is 0 Å². The van der Waals surface area contributed by atoms with Crippen LogP contribution in [0.4, 0.5) is 16.2 Å². The monoisotopic (exact) mass is 438 g/mol. The Labute approximate surface area is 185 Å². The summed E-state index contributed by atoms with van der Waals surface area (Å²) in [6.45, 7) is 6.63. The second-order valence-corrected chi connectivity index (χ2v) is 7.99. The summed E-state index contributed by atoms with van der Waals surface area (Å²) in [6.07, 6.45) is 1.14. The first-order chi connectivity index (χ1) is 14.9. The molecule has 2 aromatic carbocycles. The molecule has 0 fully saturated rings. The Kier molecular flexibility index (Phi) is 7.25. The lowest BCUT2D eigenvalue weighted by Gasteiger charge is -2.08. The molecule has 0 aliphatic heterocycles. The quantitative estimate of drug-likeness (QED) is 0.390. The zero-order valence-electron chi connectivity index (χ0n) is 18.1. The number of anilines is 2. The van der Waals surface area contributed by atoms with E-state index in [0.717, 1.165) is 38.0 Å². The number of benzene rings is 2. The number of rotatable bonds is 7. The summed E-state index contributed by atoms with van der Waals surface area (Å²) in [5, 5.41) is 3.55. The predicted molar refractivity (Wildman–Crippen MR) is 126 cm³/mol. The number of thiazole rings is 1. The van der Waals surface area contributed by atoms with Crippen LogP contribution < -0.4 is 15.8 Å². The van der Waals surface area contributed by atoms with Crippen LogP contribution in [0.5, 0.6) is 5.75 Å². The topological polar surface area (TPSA) is 98.8 Å². The van der Waals surface area contributed by atoms with Crippen molar-refractivity contribution in [2.45, 2.75) is 27.4 Å². The number of nitrogen functional groups attached to an aromatic ring is 1. The minimum Gasteiger partial charge on any atom is -0.496 e. The number of ether oxygens (including phenoxy) is 2. The highest BCUT2D eigenvalue weighted by molar-refractivity contribution is 7.15. The molecule has 1 aromatic heterocycles. The zero-order valence-corrected chi connectivity index (χ0v) is 18.9. The number of aryl methyl sites for hydroxylation is 2. The summed E-state index contributed by atoms with van der Waals surface area (Å²) in [5.74, 6) is 0.768. The normalized spacial score (nSPS) is 11.0. The van der Waals surface area contributed by atoms with Crippen molar-refractivity contribution in [3.05, 3.63) is 58.1 Å². The highest BCUT2D eigenvalue weighted by atomic mass is 32.1. The molecule has 1 amide bonds. The van der Waals surface area contributed by atoms with Crippen LogP contribution in [-0.2, 0) is 11.3 Å². The highest BCUT2D eigenvalue weighted by Crippen LogP contribution is 2.35. The molecule has 162 valence electrons. The molecule has 0 aliphatic carbocycles.